The van der Waals surface area contributed by atoms with Gasteiger partial charge in [-0.05, 0) is 48.2 Å². The second-order valence-electron chi connectivity index (χ2n) is 6.59. The maximum atomic E-state index is 11.2. The lowest BCUT2D eigenvalue weighted by Crippen LogP contribution is -2.13. The largest absolute Gasteiger partial charge is 0.490 e. The minimum Gasteiger partial charge on any atom is -0.490 e. The maximum absolute atomic E-state index is 11.2. The Morgan fingerprint density at radius 1 is 1.00 bits per heavy atom. The van der Waals surface area contributed by atoms with Gasteiger partial charge in [0.05, 0.1) is 13.2 Å². The first-order valence-electron chi connectivity index (χ1n) is 8.90. The molecular weight excluding hydrogens is 330 g/mol. The zero-order chi connectivity index (χ0) is 18.5. The van der Waals surface area contributed by atoms with Gasteiger partial charge in [-0.3, -0.25) is 4.79 Å². The van der Waals surface area contributed by atoms with Crippen molar-refractivity contribution in [1.29, 1.82) is 0 Å². The van der Waals surface area contributed by atoms with E-state index in [1.807, 2.05) is 38.1 Å². The molecule has 1 heterocycles. The molecule has 5 nitrogen and oxygen atoms in total. The number of carbonyl (C=O) groups excluding carboxylic acids is 1. The Labute approximate surface area is 154 Å². The summed E-state index contributed by atoms with van der Waals surface area (Å²) in [4.78, 5) is 11.2. The molecule has 0 unspecified atom stereocenters. The molecule has 5 heteroatoms. The van der Waals surface area contributed by atoms with Gasteiger partial charge in [0.1, 0.15) is 5.75 Å². The van der Waals surface area contributed by atoms with Crippen molar-refractivity contribution in [2.24, 2.45) is 0 Å². The molecule has 26 heavy (non-hydrogen) atoms. The third-order valence-electron chi connectivity index (χ3n) is 4.24. The SMILES string of the molecule is CC(=O)Oc1c(C)cc(CNCc2ccc3c(c2)OCCCO3)cc1C. The number of carbonyl (C=O) groups is 1. The molecule has 1 N–H and O–H groups in total. The average Bonchev–Trinajstić information content (AvgIpc) is 2.83. The van der Waals surface area contributed by atoms with Crippen molar-refractivity contribution >= 4 is 5.97 Å². The Bertz CT molecular complexity index is 778. The van der Waals surface area contributed by atoms with E-state index >= 15 is 0 Å². The highest BCUT2D eigenvalue weighted by molar-refractivity contribution is 5.70. The predicted molar refractivity (Wildman–Crippen MR) is 99.8 cm³/mol. The molecule has 3 rings (SSSR count). The van der Waals surface area contributed by atoms with E-state index in [4.69, 9.17) is 14.2 Å². The van der Waals surface area contributed by atoms with E-state index in [2.05, 4.69) is 11.4 Å². The van der Waals surface area contributed by atoms with Crippen LogP contribution in [0.3, 0.4) is 0 Å². The Morgan fingerprint density at radius 3 is 2.35 bits per heavy atom. The number of hydrogen-bond donors (Lipinski definition) is 1. The lowest BCUT2D eigenvalue weighted by atomic mass is 10.1. The first-order valence-corrected chi connectivity index (χ1v) is 8.90. The number of fused-ring (bicyclic) bond motifs is 1. The van der Waals surface area contributed by atoms with E-state index in [9.17, 15) is 4.79 Å². The Hall–Kier alpha value is -2.53. The van der Waals surface area contributed by atoms with Crippen LogP contribution in [0, 0.1) is 13.8 Å². The molecule has 0 atom stereocenters. The lowest BCUT2D eigenvalue weighted by Gasteiger charge is -2.13. The van der Waals surface area contributed by atoms with Gasteiger partial charge in [-0.1, -0.05) is 18.2 Å². The van der Waals surface area contributed by atoms with Crippen molar-refractivity contribution in [2.45, 2.75) is 40.3 Å². The van der Waals surface area contributed by atoms with Crippen LogP contribution in [-0.4, -0.2) is 19.2 Å². The van der Waals surface area contributed by atoms with E-state index in [-0.39, 0.29) is 5.97 Å². The lowest BCUT2D eigenvalue weighted by molar-refractivity contribution is -0.131. The molecule has 1 aliphatic heterocycles. The van der Waals surface area contributed by atoms with Crippen molar-refractivity contribution in [3.63, 3.8) is 0 Å². The topological polar surface area (TPSA) is 56.8 Å². The van der Waals surface area contributed by atoms with Gasteiger partial charge < -0.3 is 19.5 Å². The van der Waals surface area contributed by atoms with Gasteiger partial charge in [-0.25, -0.2) is 0 Å². The highest BCUT2D eigenvalue weighted by Crippen LogP contribution is 2.30. The summed E-state index contributed by atoms with van der Waals surface area (Å²) < 4.78 is 16.7. The molecule has 0 spiro atoms. The Kier molecular flexibility index (Phi) is 5.78. The summed E-state index contributed by atoms with van der Waals surface area (Å²) >= 11 is 0. The zero-order valence-electron chi connectivity index (χ0n) is 15.6. The average molecular weight is 355 g/mol. The first-order chi connectivity index (χ1) is 12.5. The maximum Gasteiger partial charge on any atom is 0.308 e. The summed E-state index contributed by atoms with van der Waals surface area (Å²) in [5, 5.41) is 3.45. The number of ether oxygens (including phenoxy) is 3. The van der Waals surface area contributed by atoms with Crippen molar-refractivity contribution in [3.8, 4) is 17.2 Å². The summed E-state index contributed by atoms with van der Waals surface area (Å²) in [5.41, 5.74) is 4.24. The third kappa shape index (κ3) is 4.55. The molecule has 0 bridgehead atoms. The standard InChI is InChI=1S/C21H25NO4/c1-14-9-18(10-15(2)21(14)26-16(3)23)13-22-12-17-5-6-19-20(11-17)25-8-4-7-24-19/h5-6,9-11,22H,4,7-8,12-13H2,1-3H3. The van der Waals surface area contributed by atoms with Crippen LogP contribution >= 0.6 is 0 Å². The van der Waals surface area contributed by atoms with Gasteiger partial charge in [0, 0.05) is 26.4 Å². The summed E-state index contributed by atoms with van der Waals surface area (Å²) in [6.07, 6.45) is 0.907. The summed E-state index contributed by atoms with van der Waals surface area (Å²) in [7, 11) is 0. The van der Waals surface area contributed by atoms with E-state index in [0.717, 1.165) is 53.3 Å². The van der Waals surface area contributed by atoms with E-state index in [1.165, 1.54) is 6.92 Å². The fraction of sp³-hybridized carbons (Fsp3) is 0.381. The molecule has 0 aliphatic carbocycles. The van der Waals surface area contributed by atoms with Gasteiger partial charge in [0.2, 0.25) is 0 Å². The molecule has 0 amide bonds. The molecule has 1 aliphatic rings. The molecular formula is C21H25NO4. The van der Waals surface area contributed by atoms with E-state index < -0.39 is 0 Å². The minimum atomic E-state index is -0.295. The van der Waals surface area contributed by atoms with Crippen molar-refractivity contribution in [3.05, 3.63) is 52.6 Å². The fourth-order valence-electron chi connectivity index (χ4n) is 3.12. The zero-order valence-corrected chi connectivity index (χ0v) is 15.6. The van der Waals surface area contributed by atoms with Gasteiger partial charge >= 0.3 is 5.97 Å². The van der Waals surface area contributed by atoms with Gasteiger partial charge in [0.25, 0.3) is 0 Å². The quantitative estimate of drug-likeness (QED) is 0.655. The number of esters is 1. The Morgan fingerprint density at radius 2 is 1.65 bits per heavy atom. The van der Waals surface area contributed by atoms with Crippen LogP contribution in [-0.2, 0) is 17.9 Å². The first kappa shape index (κ1) is 18.3. The van der Waals surface area contributed by atoms with E-state index in [1.54, 1.807) is 0 Å². The van der Waals surface area contributed by atoms with Crippen molar-refractivity contribution in [1.82, 2.24) is 5.32 Å². The molecule has 0 saturated heterocycles. The molecule has 2 aromatic carbocycles. The fourth-order valence-corrected chi connectivity index (χ4v) is 3.12. The summed E-state index contributed by atoms with van der Waals surface area (Å²) in [5.74, 6) is 2.00. The summed E-state index contributed by atoms with van der Waals surface area (Å²) in [6.45, 7) is 8.20. The second-order valence-corrected chi connectivity index (χ2v) is 6.59. The Balaban J connectivity index is 1.61. The molecule has 0 aromatic heterocycles. The smallest absolute Gasteiger partial charge is 0.308 e. The number of nitrogens with one attached hydrogen (secondary N) is 1. The van der Waals surface area contributed by atoms with Crippen molar-refractivity contribution in [2.75, 3.05) is 13.2 Å². The van der Waals surface area contributed by atoms with Crippen LogP contribution in [0.15, 0.2) is 30.3 Å². The third-order valence-corrected chi connectivity index (χ3v) is 4.24. The highest BCUT2D eigenvalue weighted by Gasteiger charge is 2.11. The van der Waals surface area contributed by atoms with Crippen LogP contribution in [0.25, 0.3) is 0 Å². The minimum absolute atomic E-state index is 0.295. The molecule has 0 fully saturated rings. The van der Waals surface area contributed by atoms with Crippen molar-refractivity contribution < 1.29 is 19.0 Å². The van der Waals surface area contributed by atoms with Crippen LogP contribution in [0.1, 0.15) is 35.6 Å². The molecule has 0 saturated carbocycles. The number of benzene rings is 2. The van der Waals surface area contributed by atoms with Gasteiger partial charge in [-0.2, -0.15) is 0 Å². The number of aryl methyl sites for hydroxylation is 2. The van der Waals surface area contributed by atoms with Crippen LogP contribution in [0.4, 0.5) is 0 Å². The monoisotopic (exact) mass is 355 g/mol. The summed E-state index contributed by atoms with van der Waals surface area (Å²) in [6, 6.07) is 10.2. The predicted octanol–water partition coefficient (Wildman–Crippen LogP) is 3.68. The van der Waals surface area contributed by atoms with Crippen LogP contribution in [0.2, 0.25) is 0 Å². The number of hydrogen-bond acceptors (Lipinski definition) is 5. The normalized spacial score (nSPS) is 13.2. The van der Waals surface area contributed by atoms with Gasteiger partial charge in [0.15, 0.2) is 11.5 Å². The highest BCUT2D eigenvalue weighted by atomic mass is 16.5. The second kappa shape index (κ2) is 8.23. The van der Waals surface area contributed by atoms with Gasteiger partial charge in [-0.15, -0.1) is 0 Å². The molecule has 138 valence electrons. The van der Waals surface area contributed by atoms with Crippen LogP contribution in [0.5, 0.6) is 17.2 Å². The molecule has 0 radical (unpaired) electrons. The van der Waals surface area contributed by atoms with Crippen LogP contribution < -0.4 is 19.5 Å². The molecule has 2 aromatic rings. The van der Waals surface area contributed by atoms with E-state index in [0.29, 0.717) is 19.0 Å². The number of rotatable bonds is 5.